The predicted molar refractivity (Wildman–Crippen MR) is 49.5 cm³/mol. The van der Waals surface area contributed by atoms with Gasteiger partial charge in [0, 0.05) is 13.2 Å². The maximum absolute atomic E-state index is 11.0. The summed E-state index contributed by atoms with van der Waals surface area (Å²) in [7, 11) is -1.32. The van der Waals surface area contributed by atoms with Crippen molar-refractivity contribution in [1.29, 1.82) is 0 Å². The molecule has 0 bridgehead atoms. The molecule has 1 N–H and O–H groups in total. The summed E-state index contributed by atoms with van der Waals surface area (Å²) in [5.41, 5.74) is 0.722. The van der Waals surface area contributed by atoms with Gasteiger partial charge >= 0.3 is 0 Å². The normalized spacial score (nSPS) is 11.8. The number of hydrogen-bond acceptors (Lipinski definition) is 3. The Balaban J connectivity index is 2.53. The van der Waals surface area contributed by atoms with E-state index < -0.39 is 10.0 Å². The summed E-state index contributed by atoms with van der Waals surface area (Å²) < 4.78 is 26.1. The number of aromatic nitrogens is 2. The standard InChI is InChI=1S/C7H13N3O2S/c1-3-13(11,12)8-6-7-4-5-10(2)9-7/h4-5,8H,3,6H2,1-2H3. The molecule has 0 saturated carbocycles. The van der Waals surface area contributed by atoms with Crippen LogP contribution < -0.4 is 4.72 Å². The van der Waals surface area contributed by atoms with Crippen LogP contribution in [0.1, 0.15) is 12.6 Å². The molecule has 1 aromatic heterocycles. The molecule has 0 fully saturated rings. The Morgan fingerprint density at radius 1 is 1.62 bits per heavy atom. The Kier molecular flexibility index (Phi) is 3.05. The summed E-state index contributed by atoms with van der Waals surface area (Å²) in [5, 5.41) is 4.04. The highest BCUT2D eigenvalue weighted by Gasteiger charge is 2.06. The van der Waals surface area contributed by atoms with E-state index in [1.807, 2.05) is 0 Å². The summed E-state index contributed by atoms with van der Waals surface area (Å²) in [6.45, 7) is 1.86. The Bertz CT molecular complexity index is 369. The molecule has 0 aromatic carbocycles. The van der Waals surface area contributed by atoms with Gasteiger partial charge in [-0.25, -0.2) is 13.1 Å². The molecule has 0 spiro atoms. The number of sulfonamides is 1. The first-order valence-electron chi connectivity index (χ1n) is 3.99. The monoisotopic (exact) mass is 203 g/mol. The summed E-state index contributed by atoms with van der Waals surface area (Å²) in [6.07, 6.45) is 1.77. The zero-order valence-corrected chi connectivity index (χ0v) is 8.50. The van der Waals surface area contributed by atoms with Crippen molar-refractivity contribution in [3.63, 3.8) is 0 Å². The Morgan fingerprint density at radius 3 is 2.77 bits per heavy atom. The molecule has 1 aromatic rings. The quantitative estimate of drug-likeness (QED) is 0.740. The highest BCUT2D eigenvalue weighted by molar-refractivity contribution is 7.89. The number of nitrogens with zero attached hydrogens (tertiary/aromatic N) is 2. The van der Waals surface area contributed by atoms with Gasteiger partial charge in [0.15, 0.2) is 0 Å². The molecule has 5 nitrogen and oxygen atoms in total. The maximum atomic E-state index is 11.0. The zero-order chi connectivity index (χ0) is 9.90. The van der Waals surface area contributed by atoms with Gasteiger partial charge in [0.05, 0.1) is 18.0 Å². The van der Waals surface area contributed by atoms with E-state index in [9.17, 15) is 8.42 Å². The second kappa shape index (κ2) is 3.89. The molecule has 1 rings (SSSR count). The first-order valence-corrected chi connectivity index (χ1v) is 5.64. The first kappa shape index (κ1) is 10.2. The molecule has 0 atom stereocenters. The molecule has 0 aliphatic heterocycles. The van der Waals surface area contributed by atoms with Crippen molar-refractivity contribution in [3.8, 4) is 0 Å². The largest absolute Gasteiger partial charge is 0.276 e. The average molecular weight is 203 g/mol. The van der Waals surface area contributed by atoms with Crippen molar-refractivity contribution in [2.75, 3.05) is 5.75 Å². The predicted octanol–water partition coefficient (Wildman–Crippen LogP) is -0.141. The van der Waals surface area contributed by atoms with Gasteiger partial charge in [-0.15, -0.1) is 0 Å². The van der Waals surface area contributed by atoms with Gasteiger partial charge in [0.2, 0.25) is 10.0 Å². The Hall–Kier alpha value is -0.880. The minimum atomic E-state index is -3.11. The van der Waals surface area contributed by atoms with Gasteiger partial charge in [-0.3, -0.25) is 4.68 Å². The third-order valence-electron chi connectivity index (χ3n) is 1.62. The minimum absolute atomic E-state index is 0.0971. The van der Waals surface area contributed by atoms with Crippen LogP contribution in [0.2, 0.25) is 0 Å². The molecule has 0 amide bonds. The highest BCUT2D eigenvalue weighted by atomic mass is 32.2. The number of hydrogen-bond donors (Lipinski definition) is 1. The van der Waals surface area contributed by atoms with Gasteiger partial charge in [-0.2, -0.15) is 5.10 Å². The van der Waals surface area contributed by atoms with Crippen molar-refractivity contribution in [1.82, 2.24) is 14.5 Å². The third kappa shape index (κ3) is 3.16. The second-order valence-electron chi connectivity index (χ2n) is 2.71. The molecular formula is C7H13N3O2S. The summed E-state index contributed by atoms with van der Waals surface area (Å²) in [6, 6.07) is 1.78. The van der Waals surface area contributed by atoms with Crippen molar-refractivity contribution < 1.29 is 8.42 Å². The SMILES string of the molecule is CCS(=O)(=O)NCc1ccn(C)n1. The summed E-state index contributed by atoms with van der Waals surface area (Å²) in [5.74, 6) is 0.0971. The van der Waals surface area contributed by atoms with E-state index in [1.165, 1.54) is 0 Å². The Morgan fingerprint density at radius 2 is 2.31 bits per heavy atom. The summed E-state index contributed by atoms with van der Waals surface area (Å²) in [4.78, 5) is 0. The van der Waals surface area contributed by atoms with Gasteiger partial charge < -0.3 is 0 Å². The molecule has 1 heterocycles. The lowest BCUT2D eigenvalue weighted by atomic mass is 10.4. The number of nitrogens with one attached hydrogen (secondary N) is 1. The van der Waals surface area contributed by atoms with Gasteiger partial charge in [-0.1, -0.05) is 0 Å². The van der Waals surface area contributed by atoms with Crippen LogP contribution in [0.5, 0.6) is 0 Å². The lowest BCUT2D eigenvalue weighted by Gasteiger charge is -2.00. The minimum Gasteiger partial charge on any atom is -0.276 e. The number of aryl methyl sites for hydroxylation is 1. The van der Waals surface area contributed by atoms with Gasteiger partial charge in [-0.05, 0) is 13.0 Å². The first-order chi connectivity index (χ1) is 6.03. The molecule has 0 unspecified atom stereocenters. The van der Waals surface area contributed by atoms with Crippen LogP contribution in [0.15, 0.2) is 12.3 Å². The van der Waals surface area contributed by atoms with Crippen LogP contribution in [0.4, 0.5) is 0 Å². The highest BCUT2D eigenvalue weighted by Crippen LogP contribution is 1.94. The smallest absolute Gasteiger partial charge is 0.211 e. The lowest BCUT2D eigenvalue weighted by Crippen LogP contribution is -2.24. The van der Waals surface area contributed by atoms with Gasteiger partial charge in [0.25, 0.3) is 0 Å². The van der Waals surface area contributed by atoms with Crippen LogP contribution in [-0.2, 0) is 23.6 Å². The molecule has 0 saturated heterocycles. The van der Waals surface area contributed by atoms with Crippen LogP contribution in [0.25, 0.3) is 0 Å². The van der Waals surface area contributed by atoms with Crippen LogP contribution in [0, 0.1) is 0 Å². The second-order valence-corrected chi connectivity index (χ2v) is 4.80. The van der Waals surface area contributed by atoms with Crippen molar-refractivity contribution in [2.24, 2.45) is 7.05 Å². The van der Waals surface area contributed by atoms with Gasteiger partial charge in [0.1, 0.15) is 0 Å². The molecule has 0 aliphatic carbocycles. The summed E-state index contributed by atoms with van der Waals surface area (Å²) >= 11 is 0. The topological polar surface area (TPSA) is 64.0 Å². The molecular weight excluding hydrogens is 190 g/mol. The fourth-order valence-electron chi connectivity index (χ4n) is 0.843. The van der Waals surface area contributed by atoms with E-state index in [1.54, 1.807) is 30.9 Å². The molecule has 74 valence electrons. The zero-order valence-electron chi connectivity index (χ0n) is 7.69. The van der Waals surface area contributed by atoms with Crippen molar-refractivity contribution >= 4 is 10.0 Å². The van der Waals surface area contributed by atoms with E-state index in [0.29, 0.717) is 0 Å². The van der Waals surface area contributed by atoms with E-state index in [-0.39, 0.29) is 12.3 Å². The van der Waals surface area contributed by atoms with E-state index in [0.717, 1.165) is 5.69 Å². The van der Waals surface area contributed by atoms with Crippen LogP contribution in [0.3, 0.4) is 0 Å². The van der Waals surface area contributed by atoms with Crippen LogP contribution in [-0.4, -0.2) is 24.0 Å². The fourth-order valence-corrected chi connectivity index (χ4v) is 1.42. The van der Waals surface area contributed by atoms with E-state index >= 15 is 0 Å². The van der Waals surface area contributed by atoms with E-state index in [4.69, 9.17) is 0 Å². The Labute approximate surface area is 77.8 Å². The van der Waals surface area contributed by atoms with Crippen molar-refractivity contribution in [2.45, 2.75) is 13.5 Å². The third-order valence-corrected chi connectivity index (χ3v) is 2.97. The molecule has 0 radical (unpaired) electrons. The van der Waals surface area contributed by atoms with E-state index in [2.05, 4.69) is 9.82 Å². The van der Waals surface area contributed by atoms with Crippen LogP contribution >= 0.6 is 0 Å². The number of rotatable bonds is 4. The molecule has 0 aliphatic rings. The molecule has 13 heavy (non-hydrogen) atoms. The van der Waals surface area contributed by atoms with Crippen molar-refractivity contribution in [3.05, 3.63) is 18.0 Å². The fraction of sp³-hybridized carbons (Fsp3) is 0.571. The molecule has 6 heteroatoms. The maximum Gasteiger partial charge on any atom is 0.211 e. The average Bonchev–Trinajstić information content (AvgIpc) is 2.48. The lowest BCUT2D eigenvalue weighted by molar-refractivity contribution is 0.581.